The zero-order valence-corrected chi connectivity index (χ0v) is 15.3. The molecule has 3 aromatic carbocycles. The van der Waals surface area contributed by atoms with Gasteiger partial charge < -0.3 is 0 Å². The van der Waals surface area contributed by atoms with E-state index in [9.17, 15) is 4.79 Å². The third-order valence-corrected chi connectivity index (χ3v) is 4.46. The van der Waals surface area contributed by atoms with Gasteiger partial charge in [-0.3, -0.25) is 4.79 Å². The summed E-state index contributed by atoms with van der Waals surface area (Å²) in [6, 6.07) is 29.5. The maximum Gasteiger partial charge on any atom is 0.185 e. The van der Waals surface area contributed by atoms with E-state index in [2.05, 4.69) is 17.1 Å². The van der Waals surface area contributed by atoms with Crippen molar-refractivity contribution in [1.29, 1.82) is 0 Å². The van der Waals surface area contributed by atoms with E-state index in [1.807, 2.05) is 97.1 Å². The Morgan fingerprint density at radius 1 is 0.679 bits per heavy atom. The molecule has 0 aliphatic rings. The van der Waals surface area contributed by atoms with Crippen molar-refractivity contribution in [3.8, 4) is 0 Å². The molecule has 0 aliphatic carbocycles. The monoisotopic (exact) mass is 361 g/mol. The van der Waals surface area contributed by atoms with Crippen LogP contribution in [0.1, 0.15) is 27.2 Å². The maximum atomic E-state index is 12.2. The lowest BCUT2D eigenvalue weighted by Crippen LogP contribution is -1.92. The van der Waals surface area contributed by atoms with Crippen molar-refractivity contribution >= 4 is 34.9 Å². The number of carbonyl (C=O) groups is 1. The summed E-state index contributed by atoms with van der Waals surface area (Å²) in [5.41, 5.74) is 4.64. The number of para-hydroxylation sites is 1. The third kappa shape index (κ3) is 4.30. The molecule has 1 aromatic heterocycles. The van der Waals surface area contributed by atoms with Crippen LogP contribution >= 0.6 is 0 Å². The minimum Gasteiger partial charge on any atom is -0.289 e. The first kappa shape index (κ1) is 17.6. The summed E-state index contributed by atoms with van der Waals surface area (Å²) < 4.78 is 0. The molecule has 0 atom stereocenters. The zero-order chi connectivity index (χ0) is 19.2. The summed E-state index contributed by atoms with van der Waals surface area (Å²) in [7, 11) is 0. The van der Waals surface area contributed by atoms with Crippen LogP contribution in [0.3, 0.4) is 0 Å². The van der Waals surface area contributed by atoms with Gasteiger partial charge in [0.2, 0.25) is 0 Å². The molecule has 0 fully saturated rings. The first-order chi connectivity index (χ1) is 13.8. The Morgan fingerprint density at radius 3 is 2.29 bits per heavy atom. The predicted molar refractivity (Wildman–Crippen MR) is 117 cm³/mol. The van der Waals surface area contributed by atoms with E-state index in [0.717, 1.165) is 27.7 Å². The van der Waals surface area contributed by atoms with Crippen LogP contribution in [0.4, 0.5) is 0 Å². The van der Waals surface area contributed by atoms with Crippen molar-refractivity contribution in [3.05, 3.63) is 119 Å². The number of carbonyl (C=O) groups excluding carboxylic acids is 1. The topological polar surface area (TPSA) is 30.0 Å². The highest BCUT2D eigenvalue weighted by Crippen LogP contribution is 2.15. The van der Waals surface area contributed by atoms with Gasteiger partial charge in [-0.05, 0) is 41.5 Å². The highest BCUT2D eigenvalue weighted by Gasteiger charge is 2.00. The number of rotatable bonds is 5. The second-order valence-electron chi connectivity index (χ2n) is 6.50. The molecule has 28 heavy (non-hydrogen) atoms. The Bertz CT molecular complexity index is 1170. The standard InChI is InChI=1S/C26H19NO/c28-26(23-10-2-1-3-11-23)18-14-21-8-6-7-20(19-21)13-16-24-17-15-22-9-4-5-12-25(22)27-24/h1-19H. The largest absolute Gasteiger partial charge is 0.289 e. The van der Waals surface area contributed by atoms with Crippen molar-refractivity contribution in [2.45, 2.75) is 0 Å². The maximum absolute atomic E-state index is 12.2. The molecule has 0 bridgehead atoms. The minimum atomic E-state index is 0.00177. The van der Waals surface area contributed by atoms with E-state index in [4.69, 9.17) is 0 Å². The van der Waals surface area contributed by atoms with Gasteiger partial charge in [-0.25, -0.2) is 4.98 Å². The Hall–Kier alpha value is -3.78. The minimum absolute atomic E-state index is 0.00177. The first-order valence-electron chi connectivity index (χ1n) is 9.19. The van der Waals surface area contributed by atoms with Crippen LogP contribution in [0.5, 0.6) is 0 Å². The molecular weight excluding hydrogens is 342 g/mol. The van der Waals surface area contributed by atoms with Crippen molar-refractivity contribution in [2.24, 2.45) is 0 Å². The van der Waals surface area contributed by atoms with Crippen molar-refractivity contribution in [1.82, 2.24) is 4.98 Å². The number of nitrogens with zero attached hydrogens (tertiary/aromatic N) is 1. The quantitative estimate of drug-likeness (QED) is 0.308. The number of ketones is 1. The van der Waals surface area contributed by atoms with Gasteiger partial charge >= 0.3 is 0 Å². The zero-order valence-electron chi connectivity index (χ0n) is 15.3. The van der Waals surface area contributed by atoms with Crippen LogP contribution in [-0.2, 0) is 0 Å². The van der Waals surface area contributed by atoms with Crippen LogP contribution in [0.25, 0.3) is 29.1 Å². The fourth-order valence-corrected chi connectivity index (χ4v) is 2.99. The van der Waals surface area contributed by atoms with Gasteiger partial charge in [0, 0.05) is 10.9 Å². The molecule has 4 aromatic rings. The molecule has 0 aliphatic heterocycles. The summed E-state index contributed by atoms with van der Waals surface area (Å²) in [4.78, 5) is 16.9. The summed E-state index contributed by atoms with van der Waals surface area (Å²) >= 11 is 0. The number of fused-ring (bicyclic) bond motifs is 1. The summed E-state index contributed by atoms with van der Waals surface area (Å²) in [5, 5.41) is 1.13. The van der Waals surface area contributed by atoms with E-state index in [1.54, 1.807) is 6.08 Å². The molecule has 2 nitrogen and oxygen atoms in total. The highest BCUT2D eigenvalue weighted by atomic mass is 16.1. The van der Waals surface area contributed by atoms with Crippen molar-refractivity contribution in [3.63, 3.8) is 0 Å². The van der Waals surface area contributed by atoms with Crippen LogP contribution < -0.4 is 0 Å². The Kier molecular flexibility index (Phi) is 5.21. The average molecular weight is 361 g/mol. The number of allylic oxidation sites excluding steroid dienone is 1. The molecule has 0 saturated heterocycles. The van der Waals surface area contributed by atoms with E-state index in [0.29, 0.717) is 5.56 Å². The lowest BCUT2D eigenvalue weighted by atomic mass is 10.1. The van der Waals surface area contributed by atoms with Gasteiger partial charge in [0.15, 0.2) is 5.78 Å². The smallest absolute Gasteiger partial charge is 0.185 e. The van der Waals surface area contributed by atoms with E-state index in [-0.39, 0.29) is 5.78 Å². The van der Waals surface area contributed by atoms with Crippen molar-refractivity contribution < 1.29 is 4.79 Å². The molecule has 134 valence electrons. The van der Waals surface area contributed by atoms with Crippen molar-refractivity contribution in [2.75, 3.05) is 0 Å². The van der Waals surface area contributed by atoms with Gasteiger partial charge in [-0.1, -0.05) is 84.9 Å². The molecule has 0 saturated carbocycles. The number of hydrogen-bond donors (Lipinski definition) is 0. The van der Waals surface area contributed by atoms with Crippen LogP contribution in [0.15, 0.2) is 97.1 Å². The molecular formula is C26H19NO. The molecule has 0 unspecified atom stereocenters. The SMILES string of the molecule is O=C(C=Cc1cccc(C=Cc2ccc3ccccc3n2)c1)c1ccccc1. The van der Waals surface area contributed by atoms with Gasteiger partial charge in [-0.2, -0.15) is 0 Å². The fourth-order valence-electron chi connectivity index (χ4n) is 2.99. The molecule has 0 amide bonds. The fraction of sp³-hybridized carbons (Fsp3) is 0. The number of pyridine rings is 1. The summed E-state index contributed by atoms with van der Waals surface area (Å²) in [6.45, 7) is 0. The summed E-state index contributed by atoms with van der Waals surface area (Å²) in [5.74, 6) is 0.00177. The second-order valence-corrected chi connectivity index (χ2v) is 6.50. The number of benzene rings is 3. The molecule has 4 rings (SSSR count). The number of hydrogen-bond acceptors (Lipinski definition) is 2. The average Bonchev–Trinajstić information content (AvgIpc) is 2.77. The molecule has 2 heteroatoms. The van der Waals surface area contributed by atoms with Gasteiger partial charge in [0.25, 0.3) is 0 Å². The lowest BCUT2D eigenvalue weighted by Gasteiger charge is -2.00. The Balaban J connectivity index is 1.50. The van der Waals surface area contributed by atoms with Crippen LogP contribution in [-0.4, -0.2) is 10.8 Å². The predicted octanol–water partition coefficient (Wildman–Crippen LogP) is 6.30. The summed E-state index contributed by atoms with van der Waals surface area (Å²) in [6.07, 6.45) is 7.50. The van der Waals surface area contributed by atoms with Gasteiger partial charge in [0.1, 0.15) is 0 Å². The molecule has 1 heterocycles. The van der Waals surface area contributed by atoms with Crippen LogP contribution in [0.2, 0.25) is 0 Å². The molecule has 0 N–H and O–H groups in total. The molecule has 0 radical (unpaired) electrons. The van der Waals surface area contributed by atoms with Crippen LogP contribution in [0, 0.1) is 0 Å². The Morgan fingerprint density at radius 2 is 1.43 bits per heavy atom. The van der Waals surface area contributed by atoms with Gasteiger partial charge in [-0.15, -0.1) is 0 Å². The molecule has 0 spiro atoms. The normalized spacial score (nSPS) is 11.4. The van der Waals surface area contributed by atoms with Gasteiger partial charge in [0.05, 0.1) is 11.2 Å². The van der Waals surface area contributed by atoms with E-state index in [1.165, 1.54) is 0 Å². The number of aromatic nitrogens is 1. The van der Waals surface area contributed by atoms with E-state index < -0.39 is 0 Å². The Labute approximate surface area is 164 Å². The highest BCUT2D eigenvalue weighted by molar-refractivity contribution is 6.06. The second kappa shape index (κ2) is 8.28. The lowest BCUT2D eigenvalue weighted by molar-refractivity contribution is 0.104. The third-order valence-electron chi connectivity index (χ3n) is 4.46. The first-order valence-corrected chi connectivity index (χ1v) is 9.19. The van der Waals surface area contributed by atoms with E-state index >= 15 is 0 Å².